The molecule has 6 nitrogen and oxygen atoms in total. The summed E-state index contributed by atoms with van der Waals surface area (Å²) in [7, 11) is 0. The molecule has 252 valence electrons. The van der Waals surface area contributed by atoms with Crippen molar-refractivity contribution in [2.24, 2.45) is 9.98 Å². The van der Waals surface area contributed by atoms with Crippen LogP contribution in [0.25, 0.3) is 55.4 Å². The molecule has 0 radical (unpaired) electrons. The standard InChI is InChI=1S/C46H38N6/c1-29-7-21-43-39(25-29)37-5-3-23-47-45(37)51(43)35-15-9-31(10-16-35)33-13-19-41(49-27-33)42-20-14-34(28-50-42)32-11-17-36(18-12-32)52-44-22-8-30(2)26-40(44)38-6-4-24-48-46(38)52/h3,5,7-9,11-12,14-15,17-18,20-28H,4,6,10,13,16,19H2,1-2H3. The minimum Gasteiger partial charge on any atom is -0.298 e. The van der Waals surface area contributed by atoms with Gasteiger partial charge in [-0.3, -0.25) is 19.1 Å². The average molecular weight is 675 g/mol. The topological polar surface area (TPSA) is 60.4 Å². The highest BCUT2D eigenvalue weighted by Gasteiger charge is 2.21. The number of hydrogen-bond acceptors (Lipinski definition) is 4. The van der Waals surface area contributed by atoms with Gasteiger partial charge in [0, 0.05) is 63.5 Å². The SMILES string of the molecule is Cc1ccc2c(c1)c1c(n2-c2ccc(-c3ccc(C4=NC=C(C5=CC=C(n6c7ccc(C)cc7c7cccnc76)CC5)CC4)nc3)cc2)N=CCC1. The Balaban J connectivity index is 0.878. The fourth-order valence-corrected chi connectivity index (χ4v) is 8.30. The summed E-state index contributed by atoms with van der Waals surface area (Å²) in [4.78, 5) is 19.4. The summed E-state index contributed by atoms with van der Waals surface area (Å²) in [6, 6.07) is 30.7. The van der Waals surface area contributed by atoms with Crippen molar-refractivity contribution in [2.45, 2.75) is 52.4 Å². The van der Waals surface area contributed by atoms with Crippen molar-refractivity contribution in [3.8, 4) is 16.8 Å². The van der Waals surface area contributed by atoms with Crippen LogP contribution in [0.15, 0.2) is 137 Å². The van der Waals surface area contributed by atoms with Gasteiger partial charge >= 0.3 is 0 Å². The Labute approximate surface area is 302 Å². The third kappa shape index (κ3) is 5.09. The molecule has 6 heteroatoms. The van der Waals surface area contributed by atoms with Crippen LogP contribution in [-0.4, -0.2) is 31.0 Å². The van der Waals surface area contributed by atoms with Crippen LogP contribution < -0.4 is 0 Å². The Morgan fingerprint density at radius 2 is 1.42 bits per heavy atom. The minimum atomic E-state index is 0.883. The maximum Gasteiger partial charge on any atom is 0.145 e. The van der Waals surface area contributed by atoms with Gasteiger partial charge in [0.2, 0.25) is 0 Å². The second-order valence-electron chi connectivity index (χ2n) is 14.3. The summed E-state index contributed by atoms with van der Waals surface area (Å²) in [6.07, 6.45) is 18.4. The molecule has 2 aliphatic heterocycles. The van der Waals surface area contributed by atoms with Crippen LogP contribution in [0.3, 0.4) is 0 Å². The van der Waals surface area contributed by atoms with E-state index < -0.39 is 0 Å². The molecule has 3 aromatic carbocycles. The maximum absolute atomic E-state index is 4.92. The quantitative estimate of drug-likeness (QED) is 0.182. The summed E-state index contributed by atoms with van der Waals surface area (Å²) >= 11 is 0. The molecule has 0 unspecified atom stereocenters. The van der Waals surface area contributed by atoms with Crippen molar-refractivity contribution in [3.05, 3.63) is 149 Å². The predicted molar refractivity (Wildman–Crippen MR) is 215 cm³/mol. The lowest BCUT2D eigenvalue weighted by molar-refractivity contribution is 0.885. The molecule has 52 heavy (non-hydrogen) atoms. The van der Waals surface area contributed by atoms with Crippen molar-refractivity contribution >= 4 is 56.3 Å². The van der Waals surface area contributed by atoms with Crippen LogP contribution in [-0.2, 0) is 6.42 Å². The summed E-state index contributed by atoms with van der Waals surface area (Å²) in [5.41, 5.74) is 16.7. The average Bonchev–Trinajstić information content (AvgIpc) is 3.70. The van der Waals surface area contributed by atoms with E-state index in [9.17, 15) is 0 Å². The monoisotopic (exact) mass is 674 g/mol. The third-order valence-corrected chi connectivity index (χ3v) is 11.0. The summed E-state index contributed by atoms with van der Waals surface area (Å²) < 4.78 is 4.65. The summed E-state index contributed by atoms with van der Waals surface area (Å²) in [6.45, 7) is 4.31. The number of hydrogen-bond donors (Lipinski definition) is 0. The highest BCUT2D eigenvalue weighted by atomic mass is 15.1. The molecule has 6 heterocycles. The lowest BCUT2D eigenvalue weighted by Crippen LogP contribution is -2.09. The number of fused-ring (bicyclic) bond motifs is 6. The van der Waals surface area contributed by atoms with Gasteiger partial charge in [0.05, 0.1) is 22.4 Å². The molecule has 0 N–H and O–H groups in total. The molecule has 3 aliphatic rings. The molecule has 0 spiro atoms. The van der Waals surface area contributed by atoms with Crippen molar-refractivity contribution in [3.63, 3.8) is 0 Å². The first-order valence-corrected chi connectivity index (χ1v) is 18.3. The molecule has 0 atom stereocenters. The van der Waals surface area contributed by atoms with E-state index in [1.54, 1.807) is 0 Å². The van der Waals surface area contributed by atoms with E-state index in [0.717, 1.165) is 78.2 Å². The first kappa shape index (κ1) is 30.7. The number of allylic oxidation sites excluding steroid dienone is 5. The van der Waals surface area contributed by atoms with Crippen molar-refractivity contribution < 1.29 is 0 Å². The highest BCUT2D eigenvalue weighted by Crippen LogP contribution is 2.39. The first-order valence-electron chi connectivity index (χ1n) is 18.3. The Hall–Kier alpha value is -6.14. The second kappa shape index (κ2) is 12.3. The molecule has 1 aliphatic carbocycles. The van der Waals surface area contributed by atoms with E-state index in [0.29, 0.717) is 0 Å². The van der Waals surface area contributed by atoms with Crippen LogP contribution in [0.5, 0.6) is 0 Å². The normalized spacial score (nSPS) is 15.8. The van der Waals surface area contributed by atoms with Gasteiger partial charge in [0.25, 0.3) is 0 Å². The highest BCUT2D eigenvalue weighted by molar-refractivity contribution is 6.09. The lowest BCUT2D eigenvalue weighted by atomic mass is 9.91. The van der Waals surface area contributed by atoms with Gasteiger partial charge in [-0.1, -0.05) is 47.5 Å². The van der Waals surface area contributed by atoms with Gasteiger partial charge in [-0.25, -0.2) is 9.98 Å². The smallest absolute Gasteiger partial charge is 0.145 e. The van der Waals surface area contributed by atoms with E-state index in [1.165, 1.54) is 60.7 Å². The number of aliphatic imine (C=N–C) groups is 2. The van der Waals surface area contributed by atoms with Gasteiger partial charge in [0.1, 0.15) is 11.5 Å². The lowest BCUT2D eigenvalue weighted by Gasteiger charge is -2.21. The zero-order chi connectivity index (χ0) is 34.8. The summed E-state index contributed by atoms with van der Waals surface area (Å²) in [5, 5.41) is 3.78. The number of nitrogens with zero attached hydrogens (tertiary/aromatic N) is 6. The van der Waals surface area contributed by atoms with Crippen LogP contribution in [0, 0.1) is 13.8 Å². The van der Waals surface area contributed by atoms with E-state index in [1.807, 2.05) is 24.7 Å². The zero-order valence-corrected chi connectivity index (χ0v) is 29.5. The molecule has 10 rings (SSSR count). The maximum atomic E-state index is 4.92. The second-order valence-corrected chi connectivity index (χ2v) is 14.3. The molecule has 0 saturated heterocycles. The molecular formula is C46H38N6. The van der Waals surface area contributed by atoms with Gasteiger partial charge in [-0.15, -0.1) is 0 Å². The first-order chi connectivity index (χ1) is 25.6. The number of aromatic nitrogens is 4. The van der Waals surface area contributed by atoms with Crippen molar-refractivity contribution in [1.29, 1.82) is 0 Å². The summed E-state index contributed by atoms with van der Waals surface area (Å²) in [5.74, 6) is 1.06. The van der Waals surface area contributed by atoms with E-state index in [2.05, 4.69) is 120 Å². The molecular weight excluding hydrogens is 637 g/mol. The van der Waals surface area contributed by atoms with Crippen molar-refractivity contribution in [1.82, 2.24) is 19.1 Å². The van der Waals surface area contributed by atoms with Crippen LogP contribution in [0.4, 0.5) is 5.82 Å². The molecule has 0 saturated carbocycles. The fourth-order valence-electron chi connectivity index (χ4n) is 8.30. The molecule has 0 bridgehead atoms. The Morgan fingerprint density at radius 1 is 0.635 bits per heavy atom. The molecule has 4 aromatic heterocycles. The zero-order valence-electron chi connectivity index (χ0n) is 29.5. The van der Waals surface area contributed by atoms with Gasteiger partial charge < -0.3 is 0 Å². The Bertz CT molecular complexity index is 2730. The third-order valence-electron chi connectivity index (χ3n) is 11.0. The minimum absolute atomic E-state index is 0.883. The largest absolute Gasteiger partial charge is 0.298 e. The number of pyridine rings is 2. The van der Waals surface area contributed by atoms with Gasteiger partial charge in [-0.2, -0.15) is 0 Å². The fraction of sp³-hybridized carbons (Fsp3) is 0.174. The van der Waals surface area contributed by atoms with Gasteiger partial charge in [-0.05, 0) is 130 Å². The predicted octanol–water partition coefficient (Wildman–Crippen LogP) is 11.2. The number of aryl methyl sites for hydroxylation is 3. The Morgan fingerprint density at radius 3 is 2.17 bits per heavy atom. The van der Waals surface area contributed by atoms with Crippen LogP contribution in [0.1, 0.15) is 54.5 Å². The van der Waals surface area contributed by atoms with Crippen LogP contribution in [0.2, 0.25) is 0 Å². The number of rotatable bonds is 5. The molecule has 0 amide bonds. The van der Waals surface area contributed by atoms with Gasteiger partial charge in [0.15, 0.2) is 0 Å². The van der Waals surface area contributed by atoms with Crippen LogP contribution >= 0.6 is 0 Å². The van der Waals surface area contributed by atoms with E-state index >= 15 is 0 Å². The van der Waals surface area contributed by atoms with E-state index in [-0.39, 0.29) is 0 Å². The van der Waals surface area contributed by atoms with Crippen molar-refractivity contribution in [2.75, 3.05) is 0 Å². The molecule has 7 aromatic rings. The number of benzene rings is 3. The molecule has 0 fully saturated rings. The van der Waals surface area contributed by atoms with E-state index in [4.69, 9.17) is 20.0 Å². The Kier molecular flexibility index (Phi) is 7.24.